The minimum Gasteiger partial charge on any atom is -0.462 e. The van der Waals surface area contributed by atoms with Crippen molar-refractivity contribution in [2.24, 2.45) is 5.92 Å². The summed E-state index contributed by atoms with van der Waals surface area (Å²) in [6, 6.07) is 0. The van der Waals surface area contributed by atoms with Crippen LogP contribution in [0.5, 0.6) is 0 Å². The van der Waals surface area contributed by atoms with Gasteiger partial charge in [0, 0.05) is 25.2 Å². The molecule has 2 heterocycles. The Bertz CT molecular complexity index is 1800. The highest BCUT2D eigenvalue weighted by Gasteiger charge is 2.50. The van der Waals surface area contributed by atoms with Gasteiger partial charge in [-0.15, -0.1) is 0 Å². The van der Waals surface area contributed by atoms with Crippen molar-refractivity contribution in [1.29, 1.82) is 0 Å². The number of rotatable bonds is 26. The number of ether oxygens (including phenoxy) is 3. The number of esters is 2. The number of phosphoric acid groups is 2. The summed E-state index contributed by atoms with van der Waals surface area (Å²) in [5.74, 6) is -2.88. The predicted molar refractivity (Wildman–Crippen MR) is 272 cm³/mol. The number of allylic oxidation sites excluding steroid dienone is 10. The smallest absolute Gasteiger partial charge is 0.462 e. The van der Waals surface area contributed by atoms with Crippen LogP contribution in [0.1, 0.15) is 149 Å². The quantitative estimate of drug-likeness (QED) is 0.0191. The van der Waals surface area contributed by atoms with Gasteiger partial charge in [-0.3, -0.25) is 23.2 Å². The van der Waals surface area contributed by atoms with Crippen molar-refractivity contribution in [2.45, 2.75) is 216 Å². The number of aliphatic hydroxyl groups is 7. The average molecular weight is 1080 g/mol. The SMILES string of the molecule is CC/C=C\C/C=C\C/C=C\C/C=C\CCCCCCCCC(=O)OC[C@@H]1COP(=O)(O)O[C@H]2[C@H](O)[C@@H](O)[C@H](O)[C@@H](C/C=C\CCCC(=O)O1)[C@@H](O)CC(O)O[C@H](C=C[C@@H](O)CCCCC)[C@@H](O)[C@H]2OP(=O)(O)O. The van der Waals surface area contributed by atoms with E-state index >= 15 is 0 Å². The van der Waals surface area contributed by atoms with E-state index in [1.54, 1.807) is 6.08 Å². The highest BCUT2D eigenvalue weighted by molar-refractivity contribution is 7.47. The van der Waals surface area contributed by atoms with Gasteiger partial charge < -0.3 is 64.6 Å². The second kappa shape index (κ2) is 37.9. The molecule has 20 nitrogen and oxygen atoms in total. The van der Waals surface area contributed by atoms with Crippen molar-refractivity contribution in [2.75, 3.05) is 13.2 Å². The fourth-order valence-electron chi connectivity index (χ4n) is 8.00. The Hall–Kier alpha value is -2.72. The number of cyclic esters (lactones) is 1. The number of hydrogen-bond acceptors (Lipinski definition) is 17. The summed E-state index contributed by atoms with van der Waals surface area (Å²) < 4.78 is 57.8. The molecule has 10 N–H and O–H groups in total. The maximum absolute atomic E-state index is 13.8. The topological polar surface area (TPSA) is 326 Å². The Morgan fingerprint density at radius 1 is 0.836 bits per heavy atom. The summed E-state index contributed by atoms with van der Waals surface area (Å²) >= 11 is 0. The van der Waals surface area contributed by atoms with Crippen molar-refractivity contribution >= 4 is 27.6 Å². The van der Waals surface area contributed by atoms with Crippen LogP contribution >= 0.6 is 15.6 Å². The molecule has 73 heavy (non-hydrogen) atoms. The van der Waals surface area contributed by atoms with Crippen molar-refractivity contribution in [3.8, 4) is 0 Å². The first-order chi connectivity index (χ1) is 34.8. The van der Waals surface area contributed by atoms with Gasteiger partial charge in [0.05, 0.1) is 24.9 Å². The van der Waals surface area contributed by atoms with E-state index in [2.05, 4.69) is 55.5 Å². The van der Waals surface area contributed by atoms with Crippen molar-refractivity contribution in [1.82, 2.24) is 0 Å². The molecule has 0 radical (unpaired) electrons. The summed E-state index contributed by atoms with van der Waals surface area (Å²) in [5, 5.41) is 79.0. The molecule has 0 aliphatic carbocycles. The highest BCUT2D eigenvalue weighted by atomic mass is 31.2. The molecule has 2 unspecified atom stereocenters. The largest absolute Gasteiger partial charge is 0.472 e. The molecule has 0 aromatic heterocycles. The molecule has 0 aromatic carbocycles. The van der Waals surface area contributed by atoms with Gasteiger partial charge in [-0.2, -0.15) is 0 Å². The zero-order valence-electron chi connectivity index (χ0n) is 42.6. The number of aliphatic hydroxyl groups excluding tert-OH is 7. The van der Waals surface area contributed by atoms with E-state index < -0.39 is 120 Å². The lowest BCUT2D eigenvalue weighted by molar-refractivity contribution is -0.210. The van der Waals surface area contributed by atoms with E-state index in [1.807, 2.05) is 6.92 Å². The first-order valence-electron chi connectivity index (χ1n) is 25.9. The molecular weight excluding hydrogens is 994 g/mol. The van der Waals surface area contributed by atoms with Crippen LogP contribution in [0.15, 0.2) is 72.9 Å². The Morgan fingerprint density at radius 2 is 1.48 bits per heavy atom. The third-order valence-corrected chi connectivity index (χ3v) is 13.6. The highest BCUT2D eigenvalue weighted by Crippen LogP contribution is 2.49. The van der Waals surface area contributed by atoms with Gasteiger partial charge in [0.1, 0.15) is 43.2 Å². The fourth-order valence-corrected chi connectivity index (χ4v) is 9.53. The summed E-state index contributed by atoms with van der Waals surface area (Å²) in [6.07, 6.45) is 10.8. The van der Waals surface area contributed by atoms with E-state index in [0.717, 1.165) is 89.2 Å². The third kappa shape index (κ3) is 30.0. The van der Waals surface area contributed by atoms with Gasteiger partial charge in [-0.25, -0.2) is 9.13 Å². The van der Waals surface area contributed by atoms with E-state index in [-0.39, 0.29) is 38.5 Å². The van der Waals surface area contributed by atoms with E-state index in [4.69, 9.17) is 27.8 Å². The van der Waals surface area contributed by atoms with Gasteiger partial charge in [0.15, 0.2) is 12.4 Å². The van der Waals surface area contributed by atoms with Crippen LogP contribution in [-0.2, 0) is 46.5 Å². The second-order valence-corrected chi connectivity index (χ2v) is 21.0. The Morgan fingerprint density at radius 3 is 2.14 bits per heavy atom. The minimum atomic E-state index is -5.80. The molecule has 0 spiro atoms. The monoisotopic (exact) mass is 1080 g/mol. The second-order valence-electron chi connectivity index (χ2n) is 18.4. The minimum absolute atomic E-state index is 0.0288. The zero-order valence-corrected chi connectivity index (χ0v) is 44.4. The molecule has 0 amide bonds. The molecule has 2 rings (SSSR count). The van der Waals surface area contributed by atoms with E-state index in [1.165, 1.54) is 6.08 Å². The number of hydrogen-bond donors (Lipinski definition) is 10. The van der Waals surface area contributed by atoms with Crippen LogP contribution < -0.4 is 0 Å². The van der Waals surface area contributed by atoms with Crippen LogP contribution in [-0.4, -0.2) is 143 Å². The van der Waals surface area contributed by atoms with Gasteiger partial charge in [0.25, 0.3) is 0 Å². The number of unbranched alkanes of at least 4 members (excludes halogenated alkanes) is 8. The van der Waals surface area contributed by atoms with Gasteiger partial charge in [0.2, 0.25) is 0 Å². The standard InChI is InChI=1S/C51H86O20P2/c1-3-5-7-8-9-10-11-12-13-14-15-16-17-18-19-20-21-22-27-31-43(54)66-36-39-37-67-73(64,65)71-51-49(60)48(59)46(57)40(30-26-23-24-28-32-44(55)68-39)41(53)35-45(56)69-42(34-33-38(52)29-25-6-4-2)47(58)50(51)70-72(61,62)63/h5,7,9-10,12-13,15-16,23,26,33-34,38-42,45-53,56-60H,3-4,6,8,11,14,17-22,24-25,27-32,35-37H2,1-2H3,(H,64,65)(H2,61,62,63)/b7-5-,10-9-,13-12-,16-15-,26-23-,34-33?/t38-,39+,40-,41-,42+,45?,46+,47+,48-,49+,50+,51-/m0/s1. The van der Waals surface area contributed by atoms with Crippen LogP contribution in [0, 0.1) is 5.92 Å². The Balaban J connectivity index is 2.22. The normalized spacial score (nSPS) is 31.0. The summed E-state index contributed by atoms with van der Waals surface area (Å²) in [5.41, 5.74) is 0. The van der Waals surface area contributed by atoms with Crippen LogP contribution in [0.4, 0.5) is 0 Å². The first-order valence-corrected chi connectivity index (χ1v) is 28.9. The summed E-state index contributed by atoms with van der Waals surface area (Å²) in [6.45, 7) is 2.42. The molecule has 420 valence electrons. The first kappa shape index (κ1) is 66.4. The summed E-state index contributed by atoms with van der Waals surface area (Å²) in [4.78, 5) is 56.8. The molecule has 2 aliphatic rings. The van der Waals surface area contributed by atoms with Crippen LogP contribution in [0.2, 0.25) is 0 Å². The number of phosphoric ester groups is 2. The average Bonchev–Trinajstić information content (AvgIpc) is 3.33. The van der Waals surface area contributed by atoms with Gasteiger partial charge in [-0.05, 0) is 70.6 Å². The molecule has 2 aliphatic heterocycles. The number of carbonyl (C=O) groups excluding carboxylic acids is 2. The third-order valence-electron chi connectivity index (χ3n) is 12.1. The Kier molecular flexibility index (Phi) is 34.5. The lowest BCUT2D eigenvalue weighted by atomic mass is 9.83. The maximum Gasteiger partial charge on any atom is 0.472 e. The van der Waals surface area contributed by atoms with Crippen molar-refractivity contribution in [3.05, 3.63) is 72.9 Å². The predicted octanol–water partition coefficient (Wildman–Crippen LogP) is 6.50. The van der Waals surface area contributed by atoms with Gasteiger partial charge >= 0.3 is 27.6 Å². The van der Waals surface area contributed by atoms with Crippen LogP contribution in [0.3, 0.4) is 0 Å². The number of fused-ring (bicyclic) bond motifs is 4. The molecule has 1 saturated heterocycles. The lowest BCUT2D eigenvalue weighted by Crippen LogP contribution is -2.58. The number of carbonyl (C=O) groups is 2. The molecule has 0 aromatic rings. The van der Waals surface area contributed by atoms with E-state index in [9.17, 15) is 69.1 Å². The molecule has 22 heteroatoms. The van der Waals surface area contributed by atoms with E-state index in [0.29, 0.717) is 12.8 Å². The fraction of sp³-hybridized carbons (Fsp3) is 0.725. The zero-order chi connectivity index (χ0) is 54.1. The molecule has 13 atom stereocenters. The molecule has 2 bridgehead atoms. The van der Waals surface area contributed by atoms with Crippen molar-refractivity contribution in [3.63, 3.8) is 0 Å². The molecular formula is C51H86O20P2. The lowest BCUT2D eigenvalue weighted by Gasteiger charge is -2.41. The molecule has 1 fully saturated rings. The van der Waals surface area contributed by atoms with Gasteiger partial charge in [-0.1, -0.05) is 132 Å². The summed E-state index contributed by atoms with van der Waals surface area (Å²) in [7, 11) is -11.5. The maximum atomic E-state index is 13.8. The van der Waals surface area contributed by atoms with Crippen molar-refractivity contribution < 1.29 is 96.9 Å². The molecule has 0 saturated carbocycles. The Labute approximate surface area is 431 Å². The van der Waals surface area contributed by atoms with Crippen LogP contribution in [0.25, 0.3) is 0 Å².